The highest BCUT2D eigenvalue weighted by molar-refractivity contribution is 5.74. The molecular formula is C13H20N4O2. The molecule has 104 valence electrons. The van der Waals surface area contributed by atoms with E-state index in [-0.39, 0.29) is 12.1 Å². The third-order valence-electron chi connectivity index (χ3n) is 3.76. The van der Waals surface area contributed by atoms with Crippen LogP contribution in [0.1, 0.15) is 30.2 Å². The zero-order valence-corrected chi connectivity index (χ0v) is 11.3. The van der Waals surface area contributed by atoms with Crippen LogP contribution in [0.3, 0.4) is 0 Å². The van der Waals surface area contributed by atoms with Crippen LogP contribution in [-0.2, 0) is 18.2 Å². The minimum atomic E-state index is -0.114. The predicted molar refractivity (Wildman–Crippen MR) is 69.8 cm³/mol. The topological polar surface area (TPSA) is 59.4 Å². The first kappa shape index (κ1) is 12.5. The van der Waals surface area contributed by atoms with E-state index in [9.17, 15) is 4.79 Å². The first-order valence-corrected chi connectivity index (χ1v) is 6.91. The molecule has 1 aromatic heterocycles. The van der Waals surface area contributed by atoms with Crippen LogP contribution in [0.25, 0.3) is 0 Å². The van der Waals surface area contributed by atoms with Crippen LogP contribution in [0, 0.1) is 0 Å². The Labute approximate surface area is 112 Å². The van der Waals surface area contributed by atoms with E-state index in [1.807, 2.05) is 22.8 Å². The van der Waals surface area contributed by atoms with Gasteiger partial charge in [0.15, 0.2) is 0 Å². The molecule has 3 heterocycles. The highest BCUT2D eigenvalue weighted by Crippen LogP contribution is 2.24. The van der Waals surface area contributed by atoms with Gasteiger partial charge in [0.25, 0.3) is 0 Å². The van der Waals surface area contributed by atoms with Crippen molar-refractivity contribution in [2.24, 2.45) is 7.05 Å². The number of hydrogen-bond acceptors (Lipinski definition) is 3. The number of amides is 2. The number of nitrogens with one attached hydrogen (secondary N) is 1. The van der Waals surface area contributed by atoms with E-state index in [0.29, 0.717) is 13.2 Å². The summed E-state index contributed by atoms with van der Waals surface area (Å²) in [7, 11) is 1.91. The van der Waals surface area contributed by atoms with Gasteiger partial charge in [-0.15, -0.1) is 0 Å². The molecule has 0 spiro atoms. The van der Waals surface area contributed by atoms with E-state index >= 15 is 0 Å². The summed E-state index contributed by atoms with van der Waals surface area (Å²) in [6.45, 7) is 2.93. The van der Waals surface area contributed by atoms with Gasteiger partial charge in [-0.2, -0.15) is 5.10 Å². The first-order valence-electron chi connectivity index (χ1n) is 6.91. The number of carbonyl (C=O) groups excluding carboxylic acids is 1. The Balaban J connectivity index is 1.60. The minimum absolute atomic E-state index is 0.0177. The Bertz CT molecular complexity index is 465. The molecule has 6 heteroatoms. The van der Waals surface area contributed by atoms with Crippen molar-refractivity contribution in [2.45, 2.75) is 25.4 Å². The van der Waals surface area contributed by atoms with E-state index in [1.54, 1.807) is 0 Å². The van der Waals surface area contributed by atoms with Crippen molar-refractivity contribution in [1.82, 2.24) is 20.0 Å². The van der Waals surface area contributed by atoms with Crippen LogP contribution < -0.4 is 5.32 Å². The lowest BCUT2D eigenvalue weighted by Crippen LogP contribution is -2.40. The fraction of sp³-hybridized carbons (Fsp3) is 0.692. The first-order chi connectivity index (χ1) is 9.24. The molecule has 2 amide bonds. The van der Waals surface area contributed by atoms with Crippen molar-refractivity contribution >= 4 is 6.03 Å². The van der Waals surface area contributed by atoms with Gasteiger partial charge in [0, 0.05) is 26.3 Å². The molecule has 0 radical (unpaired) electrons. The second-order valence-electron chi connectivity index (χ2n) is 5.20. The van der Waals surface area contributed by atoms with Crippen molar-refractivity contribution in [2.75, 3.05) is 26.2 Å². The highest BCUT2D eigenvalue weighted by Gasteiger charge is 2.26. The molecule has 1 saturated heterocycles. The van der Waals surface area contributed by atoms with Gasteiger partial charge >= 0.3 is 6.03 Å². The van der Waals surface area contributed by atoms with Crippen LogP contribution in [0.4, 0.5) is 4.79 Å². The SMILES string of the molecule is Cn1cc2c(n1)C(CNC(=O)N1CCCC1)OCC2. The largest absolute Gasteiger partial charge is 0.370 e. The monoisotopic (exact) mass is 264 g/mol. The number of nitrogens with zero attached hydrogens (tertiary/aromatic N) is 3. The fourth-order valence-corrected chi connectivity index (χ4v) is 2.78. The van der Waals surface area contributed by atoms with E-state index in [0.717, 1.165) is 38.0 Å². The van der Waals surface area contributed by atoms with E-state index in [1.165, 1.54) is 5.56 Å². The summed E-state index contributed by atoms with van der Waals surface area (Å²) in [4.78, 5) is 13.8. The van der Waals surface area contributed by atoms with Gasteiger partial charge in [-0.3, -0.25) is 4.68 Å². The molecule has 6 nitrogen and oxygen atoms in total. The van der Waals surface area contributed by atoms with Crippen LogP contribution >= 0.6 is 0 Å². The van der Waals surface area contributed by atoms with Crippen molar-refractivity contribution in [3.63, 3.8) is 0 Å². The summed E-state index contributed by atoms with van der Waals surface area (Å²) < 4.78 is 7.54. The fourth-order valence-electron chi connectivity index (χ4n) is 2.78. The molecule has 19 heavy (non-hydrogen) atoms. The number of fused-ring (bicyclic) bond motifs is 1. The second kappa shape index (κ2) is 5.21. The summed E-state index contributed by atoms with van der Waals surface area (Å²) in [5.74, 6) is 0. The van der Waals surface area contributed by atoms with Crippen LogP contribution in [0.5, 0.6) is 0 Å². The van der Waals surface area contributed by atoms with Crippen molar-refractivity contribution in [3.05, 3.63) is 17.5 Å². The number of hydrogen-bond donors (Lipinski definition) is 1. The van der Waals surface area contributed by atoms with Gasteiger partial charge in [-0.25, -0.2) is 4.79 Å². The van der Waals surface area contributed by atoms with Crippen molar-refractivity contribution in [3.8, 4) is 0 Å². The summed E-state index contributed by atoms with van der Waals surface area (Å²) in [6.07, 6.45) is 5.04. The molecule has 0 aromatic carbocycles. The van der Waals surface area contributed by atoms with Crippen molar-refractivity contribution in [1.29, 1.82) is 0 Å². The normalized spacial score (nSPS) is 22.4. The number of carbonyl (C=O) groups is 1. The smallest absolute Gasteiger partial charge is 0.317 e. The molecule has 2 aliphatic heterocycles. The zero-order valence-electron chi connectivity index (χ0n) is 11.3. The molecular weight excluding hydrogens is 244 g/mol. The Morgan fingerprint density at radius 2 is 2.32 bits per heavy atom. The lowest BCUT2D eigenvalue weighted by Gasteiger charge is -2.23. The Kier molecular flexibility index (Phi) is 3.42. The van der Waals surface area contributed by atoms with Gasteiger partial charge in [0.05, 0.1) is 18.8 Å². The maximum Gasteiger partial charge on any atom is 0.317 e. The summed E-state index contributed by atoms with van der Waals surface area (Å²) in [5, 5.41) is 7.39. The molecule has 1 unspecified atom stereocenters. The predicted octanol–water partition coefficient (Wildman–Crippen LogP) is 0.839. The van der Waals surface area contributed by atoms with E-state index < -0.39 is 0 Å². The van der Waals surface area contributed by atoms with Gasteiger partial charge < -0.3 is 15.0 Å². The number of aromatic nitrogens is 2. The molecule has 1 aromatic rings. The third-order valence-corrected chi connectivity index (χ3v) is 3.76. The number of rotatable bonds is 2. The lowest BCUT2D eigenvalue weighted by molar-refractivity contribution is 0.0404. The Morgan fingerprint density at radius 1 is 1.53 bits per heavy atom. The third kappa shape index (κ3) is 2.58. The number of urea groups is 1. The second-order valence-corrected chi connectivity index (χ2v) is 5.20. The highest BCUT2D eigenvalue weighted by atomic mass is 16.5. The lowest BCUT2D eigenvalue weighted by atomic mass is 10.1. The van der Waals surface area contributed by atoms with E-state index in [2.05, 4.69) is 10.4 Å². The molecule has 0 aliphatic carbocycles. The molecule has 3 rings (SSSR count). The number of aryl methyl sites for hydroxylation is 1. The van der Waals surface area contributed by atoms with E-state index in [4.69, 9.17) is 4.74 Å². The minimum Gasteiger partial charge on any atom is -0.370 e. The molecule has 0 saturated carbocycles. The molecule has 1 fully saturated rings. The molecule has 1 atom stereocenters. The quantitative estimate of drug-likeness (QED) is 0.861. The van der Waals surface area contributed by atoms with Gasteiger partial charge in [0.2, 0.25) is 0 Å². The van der Waals surface area contributed by atoms with Crippen LogP contribution in [-0.4, -0.2) is 47.0 Å². The molecule has 2 aliphatic rings. The van der Waals surface area contributed by atoms with Crippen molar-refractivity contribution < 1.29 is 9.53 Å². The van der Waals surface area contributed by atoms with Crippen LogP contribution in [0.2, 0.25) is 0 Å². The zero-order chi connectivity index (χ0) is 13.2. The van der Waals surface area contributed by atoms with Gasteiger partial charge in [0.1, 0.15) is 6.10 Å². The summed E-state index contributed by atoms with van der Waals surface area (Å²) >= 11 is 0. The van der Waals surface area contributed by atoms with Gasteiger partial charge in [-0.05, 0) is 24.8 Å². The number of ether oxygens (including phenoxy) is 1. The average molecular weight is 264 g/mol. The average Bonchev–Trinajstić information content (AvgIpc) is 3.03. The maximum absolute atomic E-state index is 11.9. The number of likely N-dealkylation sites (tertiary alicyclic amines) is 1. The summed E-state index contributed by atoms with van der Waals surface area (Å²) in [5.41, 5.74) is 2.20. The Morgan fingerprint density at radius 3 is 3.11 bits per heavy atom. The Hall–Kier alpha value is -1.56. The molecule has 1 N–H and O–H groups in total. The van der Waals surface area contributed by atoms with Crippen LogP contribution in [0.15, 0.2) is 6.20 Å². The molecule has 0 bridgehead atoms. The maximum atomic E-state index is 11.9. The standard InChI is InChI=1S/C13H20N4O2/c1-16-9-10-4-7-19-11(12(10)15-16)8-14-13(18)17-5-2-3-6-17/h9,11H,2-8H2,1H3,(H,14,18). The summed E-state index contributed by atoms with van der Waals surface area (Å²) in [6, 6.07) is 0.0177. The van der Waals surface area contributed by atoms with Gasteiger partial charge in [-0.1, -0.05) is 0 Å².